The summed E-state index contributed by atoms with van der Waals surface area (Å²) < 4.78 is 5.39. The third kappa shape index (κ3) is 4.25. The molecule has 0 radical (unpaired) electrons. The molecule has 0 aliphatic heterocycles. The lowest BCUT2D eigenvalue weighted by Gasteiger charge is -2.09. The van der Waals surface area contributed by atoms with Gasteiger partial charge in [-0.2, -0.15) is 4.98 Å². The van der Waals surface area contributed by atoms with E-state index >= 15 is 0 Å². The molecule has 0 aliphatic rings. The molecule has 2 aromatic carbocycles. The first-order valence-electron chi connectivity index (χ1n) is 8.02. The van der Waals surface area contributed by atoms with E-state index < -0.39 is 0 Å². The number of carbonyl (C=O) groups is 1. The molecule has 1 N–H and O–H groups in total. The highest BCUT2D eigenvalue weighted by Crippen LogP contribution is 2.29. The van der Waals surface area contributed by atoms with Crippen LogP contribution in [0.15, 0.2) is 53.1 Å². The summed E-state index contributed by atoms with van der Waals surface area (Å²) in [5, 5.41) is 7.58. The number of carbonyl (C=O) groups excluding carboxylic acids is 1. The van der Waals surface area contributed by atoms with Gasteiger partial charge in [-0.05, 0) is 42.3 Å². The predicted octanol–water partition coefficient (Wildman–Crippen LogP) is 5.04. The van der Waals surface area contributed by atoms with Crippen molar-refractivity contribution in [1.82, 2.24) is 10.1 Å². The van der Waals surface area contributed by atoms with Gasteiger partial charge in [-0.3, -0.25) is 4.79 Å². The van der Waals surface area contributed by atoms with E-state index in [0.29, 0.717) is 34.4 Å². The Morgan fingerprint density at radius 1 is 1.16 bits per heavy atom. The molecule has 0 aliphatic carbocycles. The van der Waals surface area contributed by atoms with Crippen molar-refractivity contribution in [2.24, 2.45) is 5.92 Å². The van der Waals surface area contributed by atoms with E-state index in [9.17, 15) is 4.79 Å². The minimum atomic E-state index is -0.0418. The van der Waals surface area contributed by atoms with Gasteiger partial charge >= 0.3 is 0 Å². The first-order valence-corrected chi connectivity index (χ1v) is 8.39. The normalized spacial score (nSPS) is 10.9. The van der Waals surface area contributed by atoms with Crippen molar-refractivity contribution in [3.05, 3.63) is 53.6 Å². The van der Waals surface area contributed by atoms with Gasteiger partial charge in [0.1, 0.15) is 0 Å². The number of anilines is 1. The number of nitrogens with zero attached hydrogens (tertiary/aromatic N) is 2. The second-order valence-electron chi connectivity index (χ2n) is 6.12. The van der Waals surface area contributed by atoms with Gasteiger partial charge in [-0.25, -0.2) is 0 Å². The largest absolute Gasteiger partial charge is 0.334 e. The Balaban J connectivity index is 1.87. The fourth-order valence-electron chi connectivity index (χ4n) is 2.40. The molecule has 0 spiro atoms. The van der Waals surface area contributed by atoms with E-state index in [4.69, 9.17) is 16.1 Å². The number of para-hydroxylation sites is 1. The quantitative estimate of drug-likeness (QED) is 0.696. The van der Waals surface area contributed by atoms with Crippen molar-refractivity contribution in [1.29, 1.82) is 0 Å². The van der Waals surface area contributed by atoms with Crippen LogP contribution >= 0.6 is 11.6 Å². The number of nitrogens with one attached hydrogen (secondary N) is 1. The van der Waals surface area contributed by atoms with Crippen molar-refractivity contribution < 1.29 is 9.32 Å². The third-order valence-corrected chi connectivity index (χ3v) is 3.81. The Hall–Kier alpha value is -2.66. The summed E-state index contributed by atoms with van der Waals surface area (Å²) in [6.45, 7) is 4.00. The maximum Gasteiger partial charge on any atom is 0.260 e. The first-order chi connectivity index (χ1) is 12.0. The zero-order valence-electron chi connectivity index (χ0n) is 14.0. The van der Waals surface area contributed by atoms with Crippen LogP contribution in [0.2, 0.25) is 5.02 Å². The molecule has 1 amide bonds. The number of benzene rings is 2. The van der Waals surface area contributed by atoms with Gasteiger partial charge in [0, 0.05) is 17.0 Å². The average molecular weight is 356 g/mol. The Labute approximate surface area is 151 Å². The van der Waals surface area contributed by atoms with Crippen molar-refractivity contribution in [3.63, 3.8) is 0 Å². The second-order valence-corrected chi connectivity index (χ2v) is 6.56. The van der Waals surface area contributed by atoms with E-state index in [2.05, 4.69) is 15.5 Å². The fraction of sp³-hybridized carbons (Fsp3) is 0.211. The molecule has 0 saturated heterocycles. The molecule has 5 nitrogen and oxygen atoms in total. The maximum absolute atomic E-state index is 12.1. The smallest absolute Gasteiger partial charge is 0.260 e. The van der Waals surface area contributed by atoms with E-state index in [1.165, 1.54) is 0 Å². The SMILES string of the molecule is CC(C)CC(=O)Nc1ccccc1-c1nc(-c2ccc(Cl)cc2)no1. The molecule has 6 heteroatoms. The van der Waals surface area contributed by atoms with Crippen molar-refractivity contribution in [2.45, 2.75) is 20.3 Å². The van der Waals surface area contributed by atoms with Crippen LogP contribution in [0.3, 0.4) is 0 Å². The molecule has 0 saturated carbocycles. The van der Waals surface area contributed by atoms with E-state index in [-0.39, 0.29) is 11.8 Å². The second kappa shape index (κ2) is 7.49. The van der Waals surface area contributed by atoms with Crippen molar-refractivity contribution in [3.8, 4) is 22.8 Å². The summed E-state index contributed by atoms with van der Waals surface area (Å²) in [6.07, 6.45) is 0.453. The Kier molecular flexibility index (Phi) is 5.14. The molecule has 3 rings (SSSR count). The Morgan fingerprint density at radius 3 is 2.60 bits per heavy atom. The van der Waals surface area contributed by atoms with Gasteiger partial charge in [0.05, 0.1) is 11.3 Å². The highest BCUT2D eigenvalue weighted by atomic mass is 35.5. The van der Waals surface area contributed by atoms with Gasteiger partial charge in [-0.1, -0.05) is 42.7 Å². The van der Waals surface area contributed by atoms with Crippen molar-refractivity contribution >= 4 is 23.2 Å². The van der Waals surface area contributed by atoms with Crippen LogP contribution in [0.5, 0.6) is 0 Å². The number of rotatable bonds is 5. The van der Waals surface area contributed by atoms with Crippen molar-refractivity contribution in [2.75, 3.05) is 5.32 Å². The molecule has 0 unspecified atom stereocenters. The number of amides is 1. The van der Waals surface area contributed by atoms with Gasteiger partial charge in [-0.15, -0.1) is 0 Å². The fourth-order valence-corrected chi connectivity index (χ4v) is 2.53. The summed E-state index contributed by atoms with van der Waals surface area (Å²) in [6, 6.07) is 14.6. The number of aromatic nitrogens is 2. The van der Waals surface area contributed by atoms with Crippen LogP contribution < -0.4 is 5.32 Å². The van der Waals surface area contributed by atoms with Gasteiger partial charge in [0.2, 0.25) is 11.7 Å². The highest BCUT2D eigenvalue weighted by molar-refractivity contribution is 6.30. The molecule has 25 heavy (non-hydrogen) atoms. The summed E-state index contributed by atoms with van der Waals surface area (Å²) in [4.78, 5) is 16.5. The molecule has 1 aromatic heterocycles. The lowest BCUT2D eigenvalue weighted by Crippen LogP contribution is -2.14. The Morgan fingerprint density at radius 2 is 1.88 bits per heavy atom. The van der Waals surface area contributed by atoms with Crippen LogP contribution in [-0.4, -0.2) is 16.0 Å². The predicted molar refractivity (Wildman–Crippen MR) is 98.3 cm³/mol. The standard InChI is InChI=1S/C19H18ClN3O2/c1-12(2)11-17(24)21-16-6-4-3-5-15(16)19-22-18(23-25-19)13-7-9-14(20)10-8-13/h3-10,12H,11H2,1-2H3,(H,21,24). The molecule has 1 heterocycles. The van der Waals surface area contributed by atoms with Gasteiger partial charge in [0.15, 0.2) is 0 Å². The zero-order valence-corrected chi connectivity index (χ0v) is 14.7. The monoisotopic (exact) mass is 355 g/mol. The lowest BCUT2D eigenvalue weighted by molar-refractivity contribution is -0.116. The summed E-state index contributed by atoms with van der Waals surface area (Å²) in [7, 11) is 0. The minimum Gasteiger partial charge on any atom is -0.334 e. The maximum atomic E-state index is 12.1. The van der Waals surface area contributed by atoms with Crippen LogP contribution in [0.4, 0.5) is 5.69 Å². The van der Waals surface area contributed by atoms with Crippen LogP contribution in [0.1, 0.15) is 20.3 Å². The number of halogens is 1. The topological polar surface area (TPSA) is 68.0 Å². The van der Waals surface area contributed by atoms with Crippen LogP contribution in [0, 0.1) is 5.92 Å². The van der Waals surface area contributed by atoms with Crippen LogP contribution in [0.25, 0.3) is 22.8 Å². The van der Waals surface area contributed by atoms with E-state index in [0.717, 1.165) is 5.56 Å². The zero-order chi connectivity index (χ0) is 17.8. The highest BCUT2D eigenvalue weighted by Gasteiger charge is 2.15. The number of hydrogen-bond donors (Lipinski definition) is 1. The molecular formula is C19H18ClN3O2. The van der Waals surface area contributed by atoms with Gasteiger partial charge in [0.25, 0.3) is 5.89 Å². The first kappa shape index (κ1) is 17.2. The molecule has 0 bridgehead atoms. The lowest BCUT2D eigenvalue weighted by atomic mass is 10.1. The molecule has 0 fully saturated rings. The Bertz CT molecular complexity index is 872. The van der Waals surface area contributed by atoms with Gasteiger partial charge < -0.3 is 9.84 Å². The summed E-state index contributed by atoms with van der Waals surface area (Å²) >= 11 is 5.90. The van der Waals surface area contributed by atoms with E-state index in [1.807, 2.05) is 50.2 Å². The van der Waals surface area contributed by atoms with Crippen LogP contribution in [-0.2, 0) is 4.79 Å². The molecule has 0 atom stereocenters. The molecule has 3 aromatic rings. The summed E-state index contributed by atoms with van der Waals surface area (Å²) in [5.41, 5.74) is 2.15. The molecule has 128 valence electrons. The molecular weight excluding hydrogens is 338 g/mol. The summed E-state index contributed by atoms with van der Waals surface area (Å²) in [5.74, 6) is 1.06. The average Bonchev–Trinajstić information content (AvgIpc) is 3.05. The number of hydrogen-bond acceptors (Lipinski definition) is 4. The third-order valence-electron chi connectivity index (χ3n) is 3.55. The minimum absolute atomic E-state index is 0.0418. The van der Waals surface area contributed by atoms with E-state index in [1.54, 1.807) is 12.1 Å².